The van der Waals surface area contributed by atoms with E-state index in [2.05, 4.69) is 20.9 Å². The SMILES string of the molecule is Cc1cc(C)n(-c2ccc(Cl)c(C(=O)NNC(=O)c3ccc(COc4ccccc4)o3)n2)n1. The molecule has 0 aliphatic heterocycles. The molecule has 3 heterocycles. The average Bonchev–Trinajstić information content (AvgIpc) is 3.43. The van der Waals surface area contributed by atoms with Crippen LogP contribution in [0.25, 0.3) is 5.82 Å². The second-order valence-corrected chi connectivity index (χ2v) is 7.52. The van der Waals surface area contributed by atoms with Crippen LogP contribution in [-0.2, 0) is 6.61 Å². The van der Waals surface area contributed by atoms with Crippen LogP contribution >= 0.6 is 11.6 Å². The van der Waals surface area contributed by atoms with Crippen LogP contribution in [0.15, 0.2) is 65.1 Å². The molecule has 0 fully saturated rings. The first-order chi connectivity index (χ1) is 15.9. The van der Waals surface area contributed by atoms with E-state index in [0.29, 0.717) is 17.3 Å². The lowest BCUT2D eigenvalue weighted by molar-refractivity contribution is 0.0826. The number of hydrogen-bond donors (Lipinski definition) is 2. The molecule has 0 aliphatic carbocycles. The van der Waals surface area contributed by atoms with Gasteiger partial charge in [-0.2, -0.15) is 5.10 Å². The number of aromatic nitrogens is 3. The Labute approximate surface area is 194 Å². The lowest BCUT2D eigenvalue weighted by Gasteiger charge is -2.09. The topological polar surface area (TPSA) is 111 Å². The lowest BCUT2D eigenvalue weighted by atomic mass is 10.3. The van der Waals surface area contributed by atoms with Crippen LogP contribution in [0.4, 0.5) is 0 Å². The van der Waals surface area contributed by atoms with Crippen LogP contribution < -0.4 is 15.6 Å². The molecular weight excluding hydrogens is 446 g/mol. The van der Waals surface area contributed by atoms with E-state index in [1.165, 1.54) is 6.07 Å². The Kier molecular flexibility index (Phi) is 6.41. The molecule has 0 bridgehead atoms. The number of aryl methyl sites for hydroxylation is 2. The van der Waals surface area contributed by atoms with Gasteiger partial charge in [0.2, 0.25) is 0 Å². The van der Waals surface area contributed by atoms with Gasteiger partial charge >= 0.3 is 5.91 Å². The molecule has 0 unspecified atom stereocenters. The molecule has 0 saturated carbocycles. The Morgan fingerprint density at radius 1 is 1.03 bits per heavy atom. The molecular formula is C23H20ClN5O4. The van der Waals surface area contributed by atoms with Crippen LogP contribution in [0.2, 0.25) is 5.02 Å². The molecule has 168 valence electrons. The molecule has 0 aliphatic rings. The van der Waals surface area contributed by atoms with E-state index in [1.54, 1.807) is 22.9 Å². The second-order valence-electron chi connectivity index (χ2n) is 7.11. The molecule has 4 aromatic rings. The van der Waals surface area contributed by atoms with Gasteiger partial charge in [-0.25, -0.2) is 9.67 Å². The molecule has 33 heavy (non-hydrogen) atoms. The van der Waals surface area contributed by atoms with Gasteiger partial charge in [-0.15, -0.1) is 0 Å². The normalized spacial score (nSPS) is 10.6. The summed E-state index contributed by atoms with van der Waals surface area (Å²) in [7, 11) is 0. The van der Waals surface area contributed by atoms with Crippen molar-refractivity contribution in [2.24, 2.45) is 0 Å². The summed E-state index contributed by atoms with van der Waals surface area (Å²) in [5.41, 5.74) is 6.20. The summed E-state index contributed by atoms with van der Waals surface area (Å²) in [5, 5.41) is 4.48. The van der Waals surface area contributed by atoms with E-state index in [-0.39, 0.29) is 23.1 Å². The van der Waals surface area contributed by atoms with Gasteiger partial charge in [0, 0.05) is 5.69 Å². The number of rotatable bonds is 6. The first-order valence-electron chi connectivity index (χ1n) is 9.98. The zero-order valence-electron chi connectivity index (χ0n) is 17.8. The number of nitrogens with one attached hydrogen (secondary N) is 2. The molecule has 9 nitrogen and oxygen atoms in total. The van der Waals surface area contributed by atoms with Crippen molar-refractivity contribution in [1.29, 1.82) is 0 Å². The Balaban J connectivity index is 1.38. The third-order valence-corrected chi connectivity index (χ3v) is 4.88. The van der Waals surface area contributed by atoms with Crippen molar-refractivity contribution in [3.8, 4) is 11.6 Å². The monoisotopic (exact) mass is 465 g/mol. The predicted octanol–water partition coefficient (Wildman–Crippen LogP) is 3.78. The van der Waals surface area contributed by atoms with Gasteiger partial charge < -0.3 is 9.15 Å². The number of halogens is 1. The highest BCUT2D eigenvalue weighted by Gasteiger charge is 2.18. The quantitative estimate of drug-likeness (QED) is 0.419. The standard InChI is InChI=1S/C23H20ClN5O4/c1-14-12-15(2)29(28-14)20-11-9-18(24)21(25-20)23(31)27-26-22(30)19-10-8-17(33-19)13-32-16-6-4-3-5-7-16/h3-12H,13H2,1-2H3,(H,26,30)(H,27,31). The van der Waals surface area contributed by atoms with E-state index in [1.807, 2.05) is 50.2 Å². The van der Waals surface area contributed by atoms with Gasteiger partial charge in [0.15, 0.2) is 17.3 Å². The molecule has 0 spiro atoms. The van der Waals surface area contributed by atoms with Crippen LogP contribution in [0.3, 0.4) is 0 Å². The van der Waals surface area contributed by atoms with Gasteiger partial charge in [0.1, 0.15) is 18.1 Å². The highest BCUT2D eigenvalue weighted by Crippen LogP contribution is 2.18. The minimum absolute atomic E-state index is 0.0115. The van der Waals surface area contributed by atoms with E-state index < -0.39 is 11.8 Å². The van der Waals surface area contributed by atoms with Gasteiger partial charge in [-0.05, 0) is 56.3 Å². The molecule has 2 amide bonds. The fraction of sp³-hybridized carbons (Fsp3) is 0.130. The Morgan fingerprint density at radius 2 is 1.79 bits per heavy atom. The first kappa shape index (κ1) is 22.1. The molecule has 0 saturated heterocycles. The maximum absolute atomic E-state index is 12.6. The minimum atomic E-state index is -0.684. The number of ether oxygens (including phenoxy) is 1. The first-order valence-corrected chi connectivity index (χ1v) is 10.4. The van der Waals surface area contributed by atoms with E-state index in [9.17, 15) is 9.59 Å². The summed E-state index contributed by atoms with van der Waals surface area (Å²) in [6, 6.07) is 17.4. The van der Waals surface area contributed by atoms with Crippen molar-refractivity contribution >= 4 is 23.4 Å². The molecule has 0 atom stereocenters. The number of amides is 2. The Bertz CT molecular complexity index is 1300. The fourth-order valence-corrected chi connectivity index (χ4v) is 3.24. The summed E-state index contributed by atoms with van der Waals surface area (Å²) in [6.07, 6.45) is 0. The third kappa shape index (κ3) is 5.21. The maximum Gasteiger partial charge on any atom is 0.305 e. The molecule has 10 heteroatoms. The Morgan fingerprint density at radius 3 is 2.52 bits per heavy atom. The number of nitrogens with zero attached hydrogens (tertiary/aromatic N) is 3. The van der Waals surface area contributed by atoms with Crippen LogP contribution in [0.1, 0.15) is 38.2 Å². The van der Waals surface area contributed by atoms with Crippen molar-refractivity contribution in [3.05, 3.63) is 94.3 Å². The van der Waals surface area contributed by atoms with Gasteiger partial charge in [-0.3, -0.25) is 20.4 Å². The molecule has 0 radical (unpaired) electrons. The summed E-state index contributed by atoms with van der Waals surface area (Å²) in [6.45, 7) is 3.89. The smallest absolute Gasteiger partial charge is 0.305 e. The number of hydrazine groups is 1. The molecule has 3 aromatic heterocycles. The van der Waals surface area contributed by atoms with E-state index in [0.717, 1.165) is 11.4 Å². The minimum Gasteiger partial charge on any atom is -0.486 e. The summed E-state index contributed by atoms with van der Waals surface area (Å²) >= 11 is 6.15. The predicted molar refractivity (Wildman–Crippen MR) is 120 cm³/mol. The van der Waals surface area contributed by atoms with Crippen molar-refractivity contribution in [3.63, 3.8) is 0 Å². The summed E-state index contributed by atoms with van der Waals surface area (Å²) in [4.78, 5) is 29.2. The van der Waals surface area contributed by atoms with Gasteiger partial charge in [0.25, 0.3) is 5.91 Å². The van der Waals surface area contributed by atoms with Gasteiger partial charge in [-0.1, -0.05) is 29.8 Å². The van der Waals surface area contributed by atoms with Crippen molar-refractivity contribution < 1.29 is 18.7 Å². The Hall–Kier alpha value is -4.11. The zero-order chi connectivity index (χ0) is 23.4. The largest absolute Gasteiger partial charge is 0.486 e. The van der Waals surface area contributed by atoms with Crippen LogP contribution in [0, 0.1) is 13.8 Å². The highest BCUT2D eigenvalue weighted by molar-refractivity contribution is 6.33. The van der Waals surface area contributed by atoms with Crippen molar-refractivity contribution in [1.82, 2.24) is 25.6 Å². The third-order valence-electron chi connectivity index (χ3n) is 4.57. The second kappa shape index (κ2) is 9.58. The number of carbonyl (C=O) groups excluding carboxylic acids is 2. The van der Waals surface area contributed by atoms with E-state index >= 15 is 0 Å². The maximum atomic E-state index is 12.6. The number of benzene rings is 1. The van der Waals surface area contributed by atoms with Crippen molar-refractivity contribution in [2.75, 3.05) is 0 Å². The molecule has 1 aromatic carbocycles. The lowest BCUT2D eigenvalue weighted by Crippen LogP contribution is -2.42. The van der Waals surface area contributed by atoms with Crippen LogP contribution in [0.5, 0.6) is 5.75 Å². The fourth-order valence-electron chi connectivity index (χ4n) is 3.05. The average molecular weight is 466 g/mol. The number of para-hydroxylation sites is 1. The van der Waals surface area contributed by atoms with Gasteiger partial charge in [0.05, 0.1) is 10.7 Å². The zero-order valence-corrected chi connectivity index (χ0v) is 18.6. The highest BCUT2D eigenvalue weighted by atomic mass is 35.5. The number of hydrogen-bond acceptors (Lipinski definition) is 6. The van der Waals surface area contributed by atoms with Crippen molar-refractivity contribution in [2.45, 2.75) is 20.5 Å². The number of furan rings is 1. The molecule has 4 rings (SSSR count). The number of carbonyl (C=O) groups is 2. The number of pyridine rings is 1. The van der Waals surface area contributed by atoms with E-state index in [4.69, 9.17) is 20.8 Å². The molecule has 2 N–H and O–H groups in total. The van der Waals surface area contributed by atoms with Crippen LogP contribution in [-0.4, -0.2) is 26.6 Å². The summed E-state index contributed by atoms with van der Waals surface area (Å²) < 4.78 is 12.7. The summed E-state index contributed by atoms with van der Waals surface area (Å²) in [5.74, 6) is 0.251.